The molecule has 0 bridgehead atoms. The van der Waals surface area contributed by atoms with Gasteiger partial charge in [-0.25, -0.2) is 9.97 Å². The Morgan fingerprint density at radius 1 is 1.27 bits per heavy atom. The largest absolute Gasteiger partial charge is 0.378 e. The summed E-state index contributed by atoms with van der Waals surface area (Å²) >= 11 is 0. The molecule has 7 nitrogen and oxygen atoms in total. The molecular formula is C19H23N5O2. The lowest BCUT2D eigenvalue weighted by atomic mass is 10.1. The van der Waals surface area contributed by atoms with Gasteiger partial charge in [0.05, 0.1) is 13.2 Å². The van der Waals surface area contributed by atoms with Crippen LogP contribution in [0.15, 0.2) is 24.4 Å². The van der Waals surface area contributed by atoms with Crippen molar-refractivity contribution in [2.45, 2.75) is 26.6 Å². The van der Waals surface area contributed by atoms with Crippen LogP contribution in [0.2, 0.25) is 0 Å². The molecule has 2 aliphatic heterocycles. The van der Waals surface area contributed by atoms with Gasteiger partial charge in [-0.05, 0) is 29.2 Å². The zero-order chi connectivity index (χ0) is 17.9. The lowest BCUT2D eigenvalue weighted by Gasteiger charge is -2.27. The molecule has 4 rings (SSSR count). The molecule has 0 spiro atoms. The minimum atomic E-state index is -0.168. The molecule has 136 valence electrons. The van der Waals surface area contributed by atoms with Crippen molar-refractivity contribution in [1.82, 2.24) is 20.6 Å². The van der Waals surface area contributed by atoms with Crippen LogP contribution in [-0.2, 0) is 24.4 Å². The van der Waals surface area contributed by atoms with Crippen LogP contribution in [-0.4, -0.2) is 42.2 Å². The van der Waals surface area contributed by atoms with E-state index in [0.717, 1.165) is 37.3 Å². The number of aryl methyl sites for hydroxylation is 1. The van der Waals surface area contributed by atoms with Gasteiger partial charge in [-0.3, -0.25) is 4.79 Å². The van der Waals surface area contributed by atoms with Crippen molar-refractivity contribution in [1.29, 1.82) is 0 Å². The van der Waals surface area contributed by atoms with E-state index in [1.165, 1.54) is 11.1 Å². The first-order valence-electron chi connectivity index (χ1n) is 8.96. The molecule has 2 aliphatic rings. The number of carbonyl (C=O) groups excluding carboxylic acids is 1. The summed E-state index contributed by atoms with van der Waals surface area (Å²) in [6, 6.07) is 6.35. The number of rotatable bonds is 4. The first kappa shape index (κ1) is 16.9. The quantitative estimate of drug-likeness (QED) is 0.859. The van der Waals surface area contributed by atoms with Gasteiger partial charge in [0.15, 0.2) is 0 Å². The maximum atomic E-state index is 12.7. The Labute approximate surface area is 152 Å². The molecule has 2 aromatic rings. The number of fused-ring (bicyclic) bond motifs is 1. The maximum Gasteiger partial charge on any atom is 0.270 e. The first-order chi connectivity index (χ1) is 12.7. The fraction of sp³-hybridized carbons (Fsp3) is 0.421. The average Bonchev–Trinajstić information content (AvgIpc) is 3.15. The van der Waals surface area contributed by atoms with Crippen LogP contribution in [0.25, 0.3) is 0 Å². The van der Waals surface area contributed by atoms with Gasteiger partial charge >= 0.3 is 0 Å². The van der Waals surface area contributed by atoms with Crippen LogP contribution in [0, 0.1) is 6.92 Å². The summed E-state index contributed by atoms with van der Waals surface area (Å²) in [5.41, 5.74) is 4.95. The molecule has 1 amide bonds. The number of benzene rings is 1. The normalized spacial score (nSPS) is 16.4. The van der Waals surface area contributed by atoms with Gasteiger partial charge < -0.3 is 20.3 Å². The molecule has 0 atom stereocenters. The summed E-state index contributed by atoms with van der Waals surface area (Å²) in [5, 5.41) is 6.32. The van der Waals surface area contributed by atoms with E-state index in [2.05, 4.69) is 38.8 Å². The molecular weight excluding hydrogens is 330 g/mol. The van der Waals surface area contributed by atoms with Gasteiger partial charge in [0.25, 0.3) is 5.91 Å². The second-order valence-corrected chi connectivity index (χ2v) is 6.69. The molecule has 1 saturated heterocycles. The Kier molecular flexibility index (Phi) is 4.81. The summed E-state index contributed by atoms with van der Waals surface area (Å²) in [6.45, 7) is 6.97. The molecule has 0 unspecified atom stereocenters. The second kappa shape index (κ2) is 7.39. The van der Waals surface area contributed by atoms with Gasteiger partial charge in [0, 0.05) is 38.9 Å². The molecule has 3 heterocycles. The van der Waals surface area contributed by atoms with E-state index in [1.54, 1.807) is 6.20 Å². The summed E-state index contributed by atoms with van der Waals surface area (Å²) in [5.74, 6) is 0.422. The second-order valence-electron chi connectivity index (χ2n) is 6.69. The number of nitrogens with zero attached hydrogens (tertiary/aromatic N) is 3. The van der Waals surface area contributed by atoms with Crippen molar-refractivity contribution in [3.8, 4) is 0 Å². The Morgan fingerprint density at radius 2 is 2.08 bits per heavy atom. The van der Waals surface area contributed by atoms with Gasteiger partial charge in [-0.2, -0.15) is 0 Å². The summed E-state index contributed by atoms with van der Waals surface area (Å²) in [4.78, 5) is 23.6. The third-order valence-corrected chi connectivity index (χ3v) is 4.82. The van der Waals surface area contributed by atoms with Crippen LogP contribution >= 0.6 is 0 Å². The number of aromatic nitrogens is 2. The van der Waals surface area contributed by atoms with E-state index in [4.69, 9.17) is 4.74 Å². The van der Waals surface area contributed by atoms with Crippen molar-refractivity contribution in [2.24, 2.45) is 0 Å². The van der Waals surface area contributed by atoms with E-state index in [1.807, 2.05) is 11.8 Å². The number of ether oxygens (including phenoxy) is 1. The molecule has 0 radical (unpaired) electrons. The van der Waals surface area contributed by atoms with E-state index < -0.39 is 0 Å². The fourth-order valence-corrected chi connectivity index (χ4v) is 3.30. The SMILES string of the molecule is Cc1cnc(N2CCOCC2)nc1C(=O)NCc1ccc2c(c1)CNC2. The van der Waals surface area contributed by atoms with Crippen LogP contribution in [0.3, 0.4) is 0 Å². The lowest BCUT2D eigenvalue weighted by molar-refractivity contribution is 0.0945. The predicted molar refractivity (Wildman–Crippen MR) is 98.0 cm³/mol. The van der Waals surface area contributed by atoms with Gasteiger partial charge in [0.2, 0.25) is 5.95 Å². The van der Waals surface area contributed by atoms with Crippen molar-refractivity contribution < 1.29 is 9.53 Å². The fourth-order valence-electron chi connectivity index (χ4n) is 3.30. The predicted octanol–water partition coefficient (Wildman–Crippen LogP) is 1.15. The molecule has 0 aliphatic carbocycles. The Hall–Kier alpha value is -2.51. The number of nitrogens with one attached hydrogen (secondary N) is 2. The van der Waals surface area contributed by atoms with Crippen LogP contribution in [0.5, 0.6) is 0 Å². The Balaban J connectivity index is 1.45. The first-order valence-corrected chi connectivity index (χ1v) is 8.96. The van der Waals surface area contributed by atoms with Gasteiger partial charge in [-0.1, -0.05) is 18.2 Å². The highest BCUT2D eigenvalue weighted by Crippen LogP contribution is 2.17. The summed E-state index contributed by atoms with van der Waals surface area (Å²) < 4.78 is 5.36. The molecule has 1 fully saturated rings. The van der Waals surface area contributed by atoms with Gasteiger partial charge in [-0.15, -0.1) is 0 Å². The van der Waals surface area contributed by atoms with Crippen LogP contribution < -0.4 is 15.5 Å². The number of amides is 1. The smallest absolute Gasteiger partial charge is 0.270 e. The summed E-state index contributed by atoms with van der Waals surface area (Å²) in [7, 11) is 0. The molecule has 2 N–H and O–H groups in total. The number of hydrogen-bond acceptors (Lipinski definition) is 6. The Morgan fingerprint density at radius 3 is 2.92 bits per heavy atom. The van der Waals surface area contributed by atoms with Crippen molar-refractivity contribution >= 4 is 11.9 Å². The third-order valence-electron chi connectivity index (χ3n) is 4.82. The standard InChI is InChI=1S/C19H23N5O2/c1-13-9-22-19(24-4-6-26-7-5-24)23-17(13)18(25)21-10-14-2-3-15-11-20-12-16(15)8-14/h2-3,8-9,20H,4-7,10-12H2,1H3,(H,21,25). The minimum absolute atomic E-state index is 0.168. The van der Waals surface area contributed by atoms with Crippen LogP contribution in [0.1, 0.15) is 32.7 Å². The Bertz CT molecular complexity index is 818. The third kappa shape index (κ3) is 3.54. The topological polar surface area (TPSA) is 79.4 Å². The average molecular weight is 353 g/mol. The van der Waals surface area contributed by atoms with E-state index in [0.29, 0.717) is 31.4 Å². The highest BCUT2D eigenvalue weighted by molar-refractivity contribution is 5.93. The number of anilines is 1. The molecule has 0 saturated carbocycles. The molecule has 1 aromatic carbocycles. The highest BCUT2D eigenvalue weighted by Gasteiger charge is 2.18. The van der Waals surface area contributed by atoms with E-state index in [-0.39, 0.29) is 5.91 Å². The maximum absolute atomic E-state index is 12.7. The number of morpholine rings is 1. The monoisotopic (exact) mass is 353 g/mol. The summed E-state index contributed by atoms with van der Waals surface area (Å²) in [6.07, 6.45) is 1.72. The number of hydrogen-bond donors (Lipinski definition) is 2. The van der Waals surface area contributed by atoms with Crippen molar-refractivity contribution in [2.75, 3.05) is 31.2 Å². The molecule has 26 heavy (non-hydrogen) atoms. The van der Waals surface area contributed by atoms with Crippen molar-refractivity contribution in [3.63, 3.8) is 0 Å². The van der Waals surface area contributed by atoms with Crippen molar-refractivity contribution in [3.05, 3.63) is 52.3 Å². The number of carbonyl (C=O) groups is 1. The molecule has 7 heteroatoms. The lowest BCUT2D eigenvalue weighted by Crippen LogP contribution is -2.38. The zero-order valence-corrected chi connectivity index (χ0v) is 14.9. The van der Waals surface area contributed by atoms with E-state index in [9.17, 15) is 4.79 Å². The van der Waals surface area contributed by atoms with Gasteiger partial charge in [0.1, 0.15) is 5.69 Å². The zero-order valence-electron chi connectivity index (χ0n) is 14.9. The minimum Gasteiger partial charge on any atom is -0.378 e. The van der Waals surface area contributed by atoms with E-state index >= 15 is 0 Å². The molecule has 1 aromatic heterocycles. The van der Waals surface area contributed by atoms with Crippen LogP contribution in [0.4, 0.5) is 5.95 Å². The highest BCUT2D eigenvalue weighted by atomic mass is 16.5.